The van der Waals surface area contributed by atoms with Gasteiger partial charge in [0.05, 0.1) is 0 Å². The highest BCUT2D eigenvalue weighted by Crippen LogP contribution is 2.51. The number of amides is 1. The lowest BCUT2D eigenvalue weighted by molar-refractivity contribution is -0.245. The van der Waals surface area contributed by atoms with Crippen LogP contribution in [0.15, 0.2) is 0 Å². The number of hydrogen-bond donors (Lipinski definition) is 2. The number of nitrogens with one attached hydrogen (secondary N) is 1. The summed E-state index contributed by atoms with van der Waals surface area (Å²) < 4.78 is 150. The highest BCUT2D eigenvalue weighted by molar-refractivity contribution is 8.05. The standard InChI is InChI=1S/C9H11F6N3O8S3/c1-27(21,22)16-28(23,24)8(12,13)7(10,11)9(14,15)29(25,26)18-4-2-17(3-5-18)6(19)20/h1,16H,2-5H2,(H,19,20). The maximum atomic E-state index is 14.0. The van der Waals surface area contributed by atoms with Crippen molar-refractivity contribution in [2.75, 3.05) is 26.2 Å². The van der Waals surface area contributed by atoms with Crippen LogP contribution in [-0.4, -0.2) is 88.3 Å². The van der Waals surface area contributed by atoms with Gasteiger partial charge in [0.1, 0.15) is 6.26 Å². The Kier molecular flexibility index (Phi) is 6.54. The minimum Gasteiger partial charge on any atom is -0.465 e. The lowest BCUT2D eigenvalue weighted by atomic mass is 10.3. The summed E-state index contributed by atoms with van der Waals surface area (Å²) in [6.07, 6.45) is 2.44. The third-order valence-electron chi connectivity index (χ3n) is 3.47. The average Bonchev–Trinajstić information content (AvgIpc) is 2.51. The first-order valence-corrected chi connectivity index (χ1v) is 11.3. The van der Waals surface area contributed by atoms with E-state index in [0.29, 0.717) is 4.90 Å². The molecule has 20 heteroatoms. The molecular formula is C9H11F6N3O8S3. The number of halogens is 6. The van der Waals surface area contributed by atoms with Gasteiger partial charge in [-0.2, -0.15) is 30.6 Å². The Balaban J connectivity index is 3.36. The minimum absolute atomic E-state index is 0.158. The molecule has 170 valence electrons. The minimum atomic E-state index is -7.18. The summed E-state index contributed by atoms with van der Waals surface area (Å²) in [7, 11) is -19.5. The Morgan fingerprint density at radius 3 is 1.62 bits per heavy atom. The molecule has 1 saturated heterocycles. The van der Waals surface area contributed by atoms with Gasteiger partial charge < -0.3 is 10.0 Å². The van der Waals surface area contributed by atoms with E-state index in [1.54, 1.807) is 0 Å². The molecule has 0 saturated carbocycles. The Labute approximate surface area is 160 Å². The molecule has 1 rings (SSSR count). The van der Waals surface area contributed by atoms with Gasteiger partial charge in [0.15, 0.2) is 0 Å². The van der Waals surface area contributed by atoms with Gasteiger partial charge in [-0.15, -0.1) is 4.13 Å². The Hall–Kier alpha value is -1.38. The number of alkyl halides is 6. The highest BCUT2D eigenvalue weighted by atomic mass is 32.3. The second-order valence-corrected chi connectivity index (χ2v) is 10.7. The van der Waals surface area contributed by atoms with Crippen molar-refractivity contribution in [3.8, 4) is 0 Å². The first-order chi connectivity index (χ1) is 12.6. The quantitative estimate of drug-likeness (QED) is 0.438. The van der Waals surface area contributed by atoms with E-state index >= 15 is 0 Å². The number of sulfonamides is 3. The van der Waals surface area contributed by atoms with Crippen molar-refractivity contribution in [2.24, 2.45) is 0 Å². The number of rotatable bonds is 7. The van der Waals surface area contributed by atoms with Gasteiger partial charge in [0, 0.05) is 26.2 Å². The predicted octanol–water partition coefficient (Wildman–Crippen LogP) is -0.650. The molecule has 1 heterocycles. The van der Waals surface area contributed by atoms with Crippen molar-refractivity contribution in [3.63, 3.8) is 0 Å². The number of piperazine rings is 1. The Morgan fingerprint density at radius 1 is 0.862 bits per heavy atom. The SMILES string of the molecule is [CH]S(=O)(=O)NS(=O)(=O)C(F)(F)C(F)(F)C(F)(F)S(=O)(=O)N1CCN(C(=O)O)CC1. The second kappa shape index (κ2) is 7.39. The van der Waals surface area contributed by atoms with Crippen LogP contribution in [0.25, 0.3) is 0 Å². The second-order valence-electron chi connectivity index (χ2n) is 5.41. The first-order valence-electron chi connectivity index (χ1n) is 6.78. The van der Waals surface area contributed by atoms with Gasteiger partial charge in [-0.1, -0.05) is 0 Å². The van der Waals surface area contributed by atoms with E-state index in [-0.39, 0.29) is 4.13 Å². The summed E-state index contributed by atoms with van der Waals surface area (Å²) in [6, 6.07) is 0. The van der Waals surface area contributed by atoms with Crippen LogP contribution < -0.4 is 4.13 Å². The van der Waals surface area contributed by atoms with Crippen LogP contribution in [0.3, 0.4) is 0 Å². The molecule has 29 heavy (non-hydrogen) atoms. The molecule has 1 aliphatic rings. The molecular weight excluding hydrogens is 488 g/mol. The van der Waals surface area contributed by atoms with Crippen molar-refractivity contribution in [1.29, 1.82) is 0 Å². The molecule has 11 nitrogen and oxygen atoms in total. The molecule has 0 aromatic rings. The fourth-order valence-corrected chi connectivity index (χ4v) is 5.58. The molecule has 0 atom stereocenters. The number of carbonyl (C=O) groups is 1. The fourth-order valence-electron chi connectivity index (χ4n) is 1.99. The lowest BCUT2D eigenvalue weighted by Gasteiger charge is -2.37. The molecule has 0 aromatic carbocycles. The molecule has 0 aliphatic carbocycles. The van der Waals surface area contributed by atoms with E-state index in [9.17, 15) is 56.4 Å². The Bertz CT molecular complexity index is 973. The summed E-state index contributed by atoms with van der Waals surface area (Å²) in [5, 5.41) is -5.07. The normalized spacial score (nSPS) is 18.7. The molecule has 2 radical (unpaired) electrons. The van der Waals surface area contributed by atoms with E-state index in [1.165, 1.54) is 0 Å². The average molecular weight is 499 g/mol. The molecule has 2 N–H and O–H groups in total. The largest absolute Gasteiger partial charge is 0.465 e. The number of carboxylic acid groups (broad SMARTS) is 1. The van der Waals surface area contributed by atoms with Gasteiger partial charge in [-0.25, -0.2) is 30.0 Å². The number of hydrogen-bond acceptors (Lipinski definition) is 7. The summed E-state index contributed by atoms with van der Waals surface area (Å²) >= 11 is 0. The van der Waals surface area contributed by atoms with Crippen LogP contribution in [-0.2, 0) is 30.1 Å². The van der Waals surface area contributed by atoms with Crippen molar-refractivity contribution in [1.82, 2.24) is 13.3 Å². The summed E-state index contributed by atoms with van der Waals surface area (Å²) in [5.41, 5.74) is 0. The molecule has 0 aromatic heterocycles. The zero-order valence-electron chi connectivity index (χ0n) is 13.6. The molecule has 0 bridgehead atoms. The summed E-state index contributed by atoms with van der Waals surface area (Å²) in [6.45, 7) is -3.82. The van der Waals surface area contributed by atoms with Crippen molar-refractivity contribution in [3.05, 3.63) is 6.26 Å². The lowest BCUT2D eigenvalue weighted by Crippen LogP contribution is -2.66. The maximum absolute atomic E-state index is 14.0. The number of nitrogens with zero attached hydrogens (tertiary/aromatic N) is 2. The summed E-state index contributed by atoms with van der Waals surface area (Å²) in [4.78, 5) is 11.2. The topological polar surface area (TPSA) is 158 Å². The maximum Gasteiger partial charge on any atom is 0.429 e. The molecule has 1 fully saturated rings. The third-order valence-corrected chi connectivity index (χ3v) is 8.16. The van der Waals surface area contributed by atoms with E-state index in [2.05, 4.69) is 6.26 Å². The van der Waals surface area contributed by atoms with Gasteiger partial charge in [0.2, 0.25) is 10.0 Å². The van der Waals surface area contributed by atoms with Crippen LogP contribution in [0.2, 0.25) is 0 Å². The van der Waals surface area contributed by atoms with Crippen LogP contribution in [0.5, 0.6) is 0 Å². The third kappa shape index (κ3) is 4.39. The van der Waals surface area contributed by atoms with Crippen LogP contribution in [0, 0.1) is 6.26 Å². The Morgan fingerprint density at radius 2 is 1.28 bits per heavy atom. The van der Waals surface area contributed by atoms with Gasteiger partial charge in [-0.3, -0.25) is 0 Å². The zero-order valence-corrected chi connectivity index (χ0v) is 16.0. The van der Waals surface area contributed by atoms with Gasteiger partial charge in [-0.05, 0) is 0 Å². The van der Waals surface area contributed by atoms with Crippen molar-refractivity contribution < 1.29 is 61.5 Å². The van der Waals surface area contributed by atoms with Crippen LogP contribution in [0.1, 0.15) is 0 Å². The van der Waals surface area contributed by atoms with Gasteiger partial charge in [0.25, 0.3) is 20.0 Å². The van der Waals surface area contributed by atoms with E-state index < -0.39 is 83.1 Å². The summed E-state index contributed by atoms with van der Waals surface area (Å²) in [5.74, 6) is -7.18. The zero-order chi connectivity index (χ0) is 23.3. The first kappa shape index (κ1) is 25.7. The molecule has 1 aliphatic heterocycles. The molecule has 0 unspecified atom stereocenters. The van der Waals surface area contributed by atoms with Crippen LogP contribution in [0.4, 0.5) is 31.1 Å². The van der Waals surface area contributed by atoms with E-state index in [1.807, 2.05) is 0 Å². The molecule has 1 amide bonds. The monoisotopic (exact) mass is 499 g/mol. The highest BCUT2D eigenvalue weighted by Gasteiger charge is 2.82. The van der Waals surface area contributed by atoms with E-state index in [0.717, 1.165) is 0 Å². The van der Waals surface area contributed by atoms with Crippen LogP contribution >= 0.6 is 0 Å². The van der Waals surface area contributed by atoms with E-state index in [4.69, 9.17) is 5.11 Å². The fraction of sp³-hybridized carbons (Fsp3) is 0.778. The van der Waals surface area contributed by atoms with Gasteiger partial charge >= 0.3 is 22.5 Å². The van der Waals surface area contributed by atoms with Crippen molar-refractivity contribution >= 4 is 36.2 Å². The predicted molar refractivity (Wildman–Crippen MR) is 80.2 cm³/mol. The smallest absolute Gasteiger partial charge is 0.429 e. The van der Waals surface area contributed by atoms with Crippen molar-refractivity contribution in [2.45, 2.75) is 16.4 Å². The molecule has 0 spiro atoms.